The molecule has 0 spiro atoms. The molecule has 2 heterocycles. The lowest BCUT2D eigenvalue weighted by atomic mass is 10.2. The molecule has 1 amide bonds. The Kier molecular flexibility index (Phi) is 7.53. The molecule has 2 N–H and O–H groups in total. The smallest absolute Gasteiger partial charge is 0.267 e. The maximum absolute atomic E-state index is 12.6. The summed E-state index contributed by atoms with van der Waals surface area (Å²) in [5, 5.41) is 5.69. The van der Waals surface area contributed by atoms with Crippen LogP contribution in [0.15, 0.2) is 17.2 Å². The van der Waals surface area contributed by atoms with Crippen LogP contribution in [0.2, 0.25) is 0 Å². The van der Waals surface area contributed by atoms with Crippen molar-refractivity contribution < 1.29 is 13.2 Å². The van der Waals surface area contributed by atoms with Gasteiger partial charge in [-0.2, -0.15) is 4.31 Å². The van der Waals surface area contributed by atoms with Crippen LogP contribution in [0.25, 0.3) is 0 Å². The quantitative estimate of drug-likeness (QED) is 0.723. The van der Waals surface area contributed by atoms with Crippen molar-refractivity contribution in [2.24, 2.45) is 7.05 Å². The third kappa shape index (κ3) is 4.69. The van der Waals surface area contributed by atoms with Crippen LogP contribution in [0.4, 0.5) is 0 Å². The molecule has 9 heteroatoms. The van der Waals surface area contributed by atoms with Gasteiger partial charge in [-0.15, -0.1) is 12.4 Å². The second kappa shape index (κ2) is 8.68. The van der Waals surface area contributed by atoms with Crippen molar-refractivity contribution in [3.8, 4) is 0 Å². The van der Waals surface area contributed by atoms with E-state index in [4.69, 9.17) is 0 Å². The second-order valence-corrected chi connectivity index (χ2v) is 7.43. The van der Waals surface area contributed by atoms with Crippen molar-refractivity contribution in [1.82, 2.24) is 19.5 Å². The highest BCUT2D eigenvalue weighted by Gasteiger charge is 2.28. The van der Waals surface area contributed by atoms with Crippen molar-refractivity contribution in [3.05, 3.63) is 18.0 Å². The first-order valence-corrected chi connectivity index (χ1v) is 9.00. The van der Waals surface area contributed by atoms with Crippen LogP contribution in [-0.2, 0) is 17.1 Å². The molecule has 23 heavy (non-hydrogen) atoms. The number of amides is 1. The number of hydrogen-bond acceptors (Lipinski definition) is 4. The summed E-state index contributed by atoms with van der Waals surface area (Å²) in [6.07, 6.45) is 4.36. The Balaban J connectivity index is 0.00000264. The van der Waals surface area contributed by atoms with Gasteiger partial charge in [0.15, 0.2) is 0 Å². The van der Waals surface area contributed by atoms with E-state index in [-0.39, 0.29) is 23.2 Å². The van der Waals surface area contributed by atoms with Gasteiger partial charge in [0.05, 0.1) is 0 Å². The van der Waals surface area contributed by atoms with Gasteiger partial charge in [0.25, 0.3) is 5.91 Å². The molecule has 0 unspecified atom stereocenters. The lowest BCUT2D eigenvalue weighted by molar-refractivity contribution is 0.0946. The normalized spacial score (nSPS) is 15.9. The standard InChI is InChI=1S/C14H24N4O3S.ClH/c1-15-6-7-16-14(19)13-10-12(11-17(13)2)22(20,21)18-8-4-3-5-9-18;/h10-11,15H,3-9H2,1-2H3,(H,16,19);1H. The Morgan fingerprint density at radius 1 is 1.22 bits per heavy atom. The Morgan fingerprint density at radius 3 is 2.48 bits per heavy atom. The van der Waals surface area contributed by atoms with E-state index in [1.54, 1.807) is 18.7 Å². The first-order chi connectivity index (χ1) is 10.5. The minimum Gasteiger partial charge on any atom is -0.349 e. The molecule has 1 aromatic rings. The summed E-state index contributed by atoms with van der Waals surface area (Å²) in [4.78, 5) is 12.3. The molecule has 1 saturated heterocycles. The van der Waals surface area contributed by atoms with Crippen LogP contribution in [0.5, 0.6) is 0 Å². The van der Waals surface area contributed by atoms with Gasteiger partial charge in [0.1, 0.15) is 10.6 Å². The lowest BCUT2D eigenvalue weighted by Gasteiger charge is -2.25. The zero-order valence-corrected chi connectivity index (χ0v) is 15.2. The highest BCUT2D eigenvalue weighted by molar-refractivity contribution is 7.89. The van der Waals surface area contributed by atoms with Crippen LogP contribution in [-0.4, -0.2) is 56.4 Å². The summed E-state index contributed by atoms with van der Waals surface area (Å²) < 4.78 is 28.3. The van der Waals surface area contributed by atoms with Crippen molar-refractivity contribution in [1.29, 1.82) is 0 Å². The van der Waals surface area contributed by atoms with E-state index in [2.05, 4.69) is 10.6 Å². The predicted molar refractivity (Wildman–Crippen MR) is 91.5 cm³/mol. The number of rotatable bonds is 6. The van der Waals surface area contributed by atoms with Crippen molar-refractivity contribution >= 4 is 28.3 Å². The largest absolute Gasteiger partial charge is 0.349 e. The summed E-state index contributed by atoms with van der Waals surface area (Å²) in [5.41, 5.74) is 0.353. The summed E-state index contributed by atoms with van der Waals surface area (Å²) in [6, 6.07) is 1.46. The number of carbonyl (C=O) groups excluding carboxylic acids is 1. The topological polar surface area (TPSA) is 83.4 Å². The molecule has 0 aliphatic carbocycles. The zero-order chi connectivity index (χ0) is 16.2. The number of sulfonamides is 1. The van der Waals surface area contributed by atoms with Gasteiger partial charge >= 0.3 is 0 Å². The molecule has 0 bridgehead atoms. The Labute approximate surface area is 143 Å². The van der Waals surface area contributed by atoms with Crippen molar-refractivity contribution in [2.45, 2.75) is 24.2 Å². The fourth-order valence-corrected chi connectivity index (χ4v) is 4.14. The van der Waals surface area contributed by atoms with E-state index in [1.165, 1.54) is 16.6 Å². The summed E-state index contributed by atoms with van der Waals surface area (Å²) >= 11 is 0. The number of halogens is 1. The molecule has 2 rings (SSSR count). The van der Waals surface area contributed by atoms with Gasteiger partial charge in [0.2, 0.25) is 10.0 Å². The van der Waals surface area contributed by atoms with Crippen LogP contribution in [0.3, 0.4) is 0 Å². The van der Waals surface area contributed by atoms with Gasteiger partial charge < -0.3 is 15.2 Å². The Bertz CT molecular complexity index is 624. The SMILES string of the molecule is CNCCNC(=O)c1cc(S(=O)(=O)N2CCCCC2)cn1C.Cl. The molecule has 0 saturated carbocycles. The number of likely N-dealkylation sites (N-methyl/N-ethyl adjacent to an activating group) is 1. The van der Waals surface area contributed by atoms with E-state index < -0.39 is 10.0 Å². The molecule has 1 aliphatic rings. The molecule has 1 aliphatic heterocycles. The first-order valence-electron chi connectivity index (χ1n) is 7.56. The van der Waals surface area contributed by atoms with Gasteiger partial charge in [-0.25, -0.2) is 8.42 Å². The number of aromatic nitrogens is 1. The van der Waals surface area contributed by atoms with Crippen LogP contribution in [0.1, 0.15) is 29.8 Å². The minimum atomic E-state index is -3.50. The van der Waals surface area contributed by atoms with E-state index in [1.807, 2.05) is 0 Å². The van der Waals surface area contributed by atoms with Gasteiger partial charge in [-0.3, -0.25) is 4.79 Å². The first kappa shape index (κ1) is 20.0. The molecule has 0 atom stereocenters. The molecule has 0 aromatic carbocycles. The second-order valence-electron chi connectivity index (χ2n) is 5.50. The monoisotopic (exact) mass is 364 g/mol. The highest BCUT2D eigenvalue weighted by atomic mass is 35.5. The third-order valence-electron chi connectivity index (χ3n) is 3.83. The summed E-state index contributed by atoms with van der Waals surface area (Å²) in [7, 11) is -0.0159. The molecule has 7 nitrogen and oxygen atoms in total. The number of hydrogen-bond donors (Lipinski definition) is 2. The van der Waals surface area contributed by atoms with E-state index in [9.17, 15) is 13.2 Å². The fraction of sp³-hybridized carbons (Fsp3) is 0.643. The van der Waals surface area contributed by atoms with Crippen LogP contribution >= 0.6 is 12.4 Å². The number of nitrogens with one attached hydrogen (secondary N) is 2. The number of carbonyl (C=O) groups is 1. The molecule has 0 radical (unpaired) electrons. The third-order valence-corrected chi connectivity index (χ3v) is 5.69. The summed E-state index contributed by atoms with van der Waals surface area (Å²) in [5.74, 6) is -0.266. The molecular weight excluding hydrogens is 340 g/mol. The Hall–Kier alpha value is -1.09. The Morgan fingerprint density at radius 2 is 1.87 bits per heavy atom. The van der Waals surface area contributed by atoms with Crippen LogP contribution in [0, 0.1) is 0 Å². The van der Waals surface area contributed by atoms with E-state index in [0.717, 1.165) is 19.3 Å². The zero-order valence-electron chi connectivity index (χ0n) is 13.5. The van der Waals surface area contributed by atoms with E-state index in [0.29, 0.717) is 31.9 Å². The van der Waals surface area contributed by atoms with Gasteiger partial charge in [-0.1, -0.05) is 6.42 Å². The number of nitrogens with zero attached hydrogens (tertiary/aromatic N) is 2. The molecule has 132 valence electrons. The average molecular weight is 365 g/mol. The highest BCUT2D eigenvalue weighted by Crippen LogP contribution is 2.22. The molecular formula is C14H25ClN4O3S. The predicted octanol–water partition coefficient (Wildman–Crippen LogP) is 0.571. The maximum atomic E-state index is 12.6. The molecule has 1 aromatic heterocycles. The summed E-state index contributed by atoms with van der Waals surface area (Å²) in [6.45, 7) is 2.27. The average Bonchev–Trinajstić information content (AvgIpc) is 2.91. The molecule has 1 fully saturated rings. The fourth-order valence-electron chi connectivity index (χ4n) is 2.55. The van der Waals surface area contributed by atoms with Crippen molar-refractivity contribution in [2.75, 3.05) is 33.2 Å². The number of piperidine rings is 1. The van der Waals surface area contributed by atoms with E-state index >= 15 is 0 Å². The van der Waals surface area contributed by atoms with Crippen molar-refractivity contribution in [3.63, 3.8) is 0 Å². The minimum absolute atomic E-state index is 0. The number of aryl methyl sites for hydroxylation is 1. The maximum Gasteiger partial charge on any atom is 0.267 e. The van der Waals surface area contributed by atoms with Gasteiger partial charge in [0, 0.05) is 39.4 Å². The van der Waals surface area contributed by atoms with Gasteiger partial charge in [-0.05, 0) is 26.0 Å². The van der Waals surface area contributed by atoms with Crippen LogP contribution < -0.4 is 10.6 Å². The lowest BCUT2D eigenvalue weighted by Crippen LogP contribution is -2.35.